The van der Waals surface area contributed by atoms with Crippen LogP contribution in [0.2, 0.25) is 0 Å². The average molecular weight is 2080 g/mol. The molecule has 0 aliphatic carbocycles. The molecular formula is C121H134N8O8S8. The van der Waals surface area contributed by atoms with Crippen molar-refractivity contribution >= 4 is 146 Å². The van der Waals surface area contributed by atoms with Crippen molar-refractivity contribution in [1.29, 1.82) is 5.41 Å². The first-order valence-corrected chi connectivity index (χ1v) is 58.7. The number of hydrogen-bond acceptors (Lipinski definition) is 20. The number of nitrogens with zero attached hydrogens (tertiary/aromatic N) is 5. The van der Waals surface area contributed by atoms with E-state index < -0.39 is 0 Å². The molecular weight excluding hydrogens is 1950 g/mol. The Morgan fingerprint density at radius 2 is 0.455 bits per heavy atom. The van der Waals surface area contributed by atoms with Gasteiger partial charge in [0.15, 0.2) is 23.3 Å². The van der Waals surface area contributed by atoms with Crippen molar-refractivity contribution in [3.63, 3.8) is 0 Å². The SMILES string of the molecule is CCCCCOc1c(Sc2ccccc2)c(Sc2ccccc2)c(OCCCCC)c2c1C(=N)N=C2N=C1NC(=NC2=N/C(=N\c3[nH]c(C)c4c(OCCCCC)c(Sc5ccccc5)c(Sc5ccccc5)c(OCCCCC)c34)c3c(OCCCCC)c(Sc4ccccc4)c(Sc4ccccc4)c(OCCCCC)c32)c2c(OCCCCC)c(Sc3ccccc3)c(Sc3ccccc3)c(OCCCCC)c21. The van der Waals surface area contributed by atoms with E-state index in [1.807, 2.05) is 12.1 Å². The first-order valence-electron chi connectivity index (χ1n) is 52.1. The molecule has 145 heavy (non-hydrogen) atoms. The van der Waals surface area contributed by atoms with Crippen LogP contribution < -0.4 is 43.2 Å². The summed E-state index contributed by atoms with van der Waals surface area (Å²) in [6, 6.07) is 84.5. The number of fused-ring (bicyclic) bond motifs is 4. The van der Waals surface area contributed by atoms with Gasteiger partial charge in [-0.15, -0.1) is 0 Å². The van der Waals surface area contributed by atoms with Gasteiger partial charge >= 0.3 is 0 Å². The Balaban J connectivity index is 1.07. The normalized spacial score (nSPS) is 13.3. The lowest BCUT2D eigenvalue weighted by atomic mass is 10.0. The predicted octanol–water partition coefficient (Wildman–Crippen LogP) is 35.7. The van der Waals surface area contributed by atoms with Crippen molar-refractivity contribution in [2.45, 2.75) is 295 Å². The molecule has 0 spiro atoms. The molecule has 16 nitrogen and oxygen atoms in total. The second-order valence-corrected chi connectivity index (χ2v) is 44.5. The second-order valence-electron chi connectivity index (χ2n) is 35.8. The lowest BCUT2D eigenvalue weighted by Crippen LogP contribution is -2.25. The number of hydrogen-bond donors (Lipinski definition) is 3. The minimum atomic E-state index is -0.00651. The molecule has 0 bridgehead atoms. The Labute approximate surface area is 892 Å². The molecule has 0 atom stereocenters. The third-order valence-corrected chi connectivity index (χ3v) is 33.9. The summed E-state index contributed by atoms with van der Waals surface area (Å²) >= 11 is 13.2. The van der Waals surface area contributed by atoms with Crippen molar-refractivity contribution in [2.75, 3.05) is 52.9 Å². The van der Waals surface area contributed by atoms with Crippen LogP contribution in [0.25, 0.3) is 10.8 Å². The van der Waals surface area contributed by atoms with Crippen LogP contribution in [0.4, 0.5) is 5.82 Å². The van der Waals surface area contributed by atoms with Crippen molar-refractivity contribution in [3.05, 3.63) is 282 Å². The minimum absolute atomic E-state index is 0.00651. The number of benzene rings is 12. The number of aromatic amines is 1. The number of aryl methyl sites for hydroxylation is 1. The lowest BCUT2D eigenvalue weighted by molar-refractivity contribution is 0.284. The van der Waals surface area contributed by atoms with Gasteiger partial charge in [0.1, 0.15) is 63.5 Å². The van der Waals surface area contributed by atoms with Crippen molar-refractivity contribution in [3.8, 4) is 46.0 Å². The maximum absolute atomic E-state index is 10.6. The monoisotopic (exact) mass is 2080 g/mol. The van der Waals surface area contributed by atoms with Gasteiger partial charge in [0.2, 0.25) is 0 Å². The molecule has 13 aromatic rings. The maximum atomic E-state index is 10.6. The molecule has 0 saturated heterocycles. The van der Waals surface area contributed by atoms with Gasteiger partial charge < -0.3 is 48.2 Å². The van der Waals surface area contributed by atoms with E-state index >= 15 is 0 Å². The van der Waals surface area contributed by atoms with Gasteiger partial charge in [-0.2, -0.15) is 0 Å². The Bertz CT molecular complexity index is 6620. The van der Waals surface area contributed by atoms with Crippen molar-refractivity contribution in [2.24, 2.45) is 25.0 Å². The molecule has 12 aromatic carbocycles. The first-order chi connectivity index (χ1) is 71.5. The molecule has 0 saturated carbocycles. The van der Waals surface area contributed by atoms with Gasteiger partial charge in [0.25, 0.3) is 0 Å². The summed E-state index contributed by atoms with van der Waals surface area (Å²) in [5.74, 6) is 6.96. The zero-order chi connectivity index (χ0) is 100. The molecule has 24 heteroatoms. The number of aliphatic imine (C=N–C) groups is 5. The van der Waals surface area contributed by atoms with E-state index in [1.165, 1.54) is 0 Å². The van der Waals surface area contributed by atoms with E-state index in [1.54, 1.807) is 94.1 Å². The largest absolute Gasteiger partial charge is 0.492 e. The summed E-state index contributed by atoms with van der Waals surface area (Å²) in [6.07, 6.45) is 21.7. The van der Waals surface area contributed by atoms with Gasteiger partial charge in [0.05, 0.1) is 136 Å². The third kappa shape index (κ3) is 27.4. The van der Waals surface area contributed by atoms with E-state index in [2.05, 4.69) is 303 Å². The highest BCUT2D eigenvalue weighted by Crippen LogP contribution is 2.61. The molecule has 3 N–H and O–H groups in total. The van der Waals surface area contributed by atoms with Gasteiger partial charge in [-0.3, -0.25) is 5.41 Å². The molecule has 0 radical (unpaired) electrons. The lowest BCUT2D eigenvalue weighted by Gasteiger charge is -2.24. The van der Waals surface area contributed by atoms with E-state index in [-0.39, 0.29) is 17.5 Å². The number of aromatic nitrogens is 1. The number of amidine groups is 6. The molecule has 0 unspecified atom stereocenters. The molecule has 754 valence electrons. The fourth-order valence-corrected chi connectivity index (χ4v) is 26.0. The second kappa shape index (κ2) is 55.8. The topological polar surface area (TPSA) is 187 Å². The molecule has 16 rings (SSSR count). The summed E-state index contributed by atoms with van der Waals surface area (Å²) in [4.78, 5) is 49.2. The first kappa shape index (κ1) is 107. The predicted molar refractivity (Wildman–Crippen MR) is 609 cm³/mol. The summed E-state index contributed by atoms with van der Waals surface area (Å²) in [5, 5.41) is 16.4. The third-order valence-electron chi connectivity index (χ3n) is 24.6. The van der Waals surface area contributed by atoms with Crippen LogP contribution in [0.15, 0.2) is 346 Å². The van der Waals surface area contributed by atoms with E-state index in [4.69, 9.17) is 62.9 Å². The Hall–Kier alpha value is -10.8. The van der Waals surface area contributed by atoms with Crippen LogP contribution in [0, 0.1) is 12.3 Å². The number of H-pyrrole nitrogens is 1. The molecule has 0 amide bonds. The molecule has 3 aliphatic heterocycles. The van der Waals surface area contributed by atoms with Crippen LogP contribution >= 0.6 is 94.1 Å². The van der Waals surface area contributed by atoms with Crippen molar-refractivity contribution in [1.82, 2.24) is 10.3 Å². The Morgan fingerprint density at radius 3 is 0.717 bits per heavy atom. The molecule has 3 aliphatic rings. The fraction of sp³-hybridized carbons (Fsp3) is 0.339. The minimum Gasteiger partial charge on any atom is -0.492 e. The number of rotatable bonds is 57. The summed E-state index contributed by atoms with van der Waals surface area (Å²) < 4.78 is 61.2. The quantitative estimate of drug-likeness (QED) is 0.0305. The highest BCUT2D eigenvalue weighted by Gasteiger charge is 2.44. The van der Waals surface area contributed by atoms with Crippen LogP contribution in [-0.2, 0) is 0 Å². The Morgan fingerprint density at radius 1 is 0.241 bits per heavy atom. The van der Waals surface area contributed by atoms with Gasteiger partial charge in [0, 0.05) is 44.9 Å². The number of nitrogens with one attached hydrogen (secondary N) is 3. The van der Waals surface area contributed by atoms with Crippen LogP contribution in [0.5, 0.6) is 46.0 Å². The van der Waals surface area contributed by atoms with Crippen LogP contribution in [0.1, 0.15) is 249 Å². The van der Waals surface area contributed by atoms with E-state index in [0.717, 1.165) is 255 Å². The van der Waals surface area contributed by atoms with Crippen LogP contribution in [-0.4, -0.2) is 92.9 Å². The van der Waals surface area contributed by atoms with E-state index in [0.29, 0.717) is 150 Å². The molecule has 1 aromatic heterocycles. The van der Waals surface area contributed by atoms with Gasteiger partial charge in [-0.1, -0.05) is 398 Å². The van der Waals surface area contributed by atoms with Crippen LogP contribution in [0.3, 0.4) is 0 Å². The highest BCUT2D eigenvalue weighted by molar-refractivity contribution is 8.04. The highest BCUT2D eigenvalue weighted by atomic mass is 32.2. The standard InChI is InChI=1S/C121H134N8O8S8/c1-10-18-50-74-130-99-91-82(9)123-116(93(91)101(132-76-52-20-12-3)109(140-85-62-38-28-39-63-85)107(99)138-83-58-34-26-35-59-83)125-118-95-97(105(136-80-56-24-16-7)113(144-89-70-46-32-47-71-89)111(103(95)134-78-54-22-14-5)142-87-66-42-30-43-67-87)120(127-118)129-121-98-96(104(135-79-55-23-15-6)112(143-88-68-44-31-45-69-88)114(106(98)137-81-57-25-17-8)145-90-72-48-33-49-73-90)119(128-121)126-117-94-92(115(122)124-117)100(131-75-51-19-11-2)108(139-84-60-36-27-37-61-84)110(102(94)133-77-53-21-13-4)141-86-64-40-29-41-65-86/h26-49,58-73,123H,10-25,50-57,74-81H2,1-9H3,(H2,122,124,125,126,127,128,129). The zero-order valence-corrected chi connectivity index (χ0v) is 91.5. The molecule has 4 heterocycles. The number of ether oxygens (including phenoxy) is 8. The summed E-state index contributed by atoms with van der Waals surface area (Å²) in [6.45, 7) is 23.1. The van der Waals surface area contributed by atoms with Gasteiger partial charge in [-0.25, -0.2) is 25.0 Å². The zero-order valence-electron chi connectivity index (χ0n) is 85.0. The van der Waals surface area contributed by atoms with Gasteiger partial charge in [-0.05, 0) is 155 Å². The summed E-state index contributed by atoms with van der Waals surface area (Å²) in [7, 11) is 0. The fourth-order valence-electron chi connectivity index (χ4n) is 17.2. The van der Waals surface area contributed by atoms with Crippen molar-refractivity contribution < 1.29 is 37.9 Å². The molecule has 0 fully saturated rings. The average Bonchev–Trinajstić information content (AvgIpc) is 1.56. The number of unbranched alkanes of at least 4 members (excludes halogenated alkanes) is 16. The van der Waals surface area contributed by atoms with E-state index in [9.17, 15) is 5.41 Å². The Kier molecular flexibility index (Phi) is 41.2. The smallest absolute Gasteiger partial charge is 0.168 e. The summed E-state index contributed by atoms with van der Waals surface area (Å²) in [5.41, 5.74) is 4.28. The maximum Gasteiger partial charge on any atom is 0.168 e.